The second-order valence-corrected chi connectivity index (χ2v) is 6.03. The SMILES string of the molecule is CC1Cc2cc(Cl)ccc2C1=NNc1ccc(C(F)(F)F)cc1. The van der Waals surface area contributed by atoms with Gasteiger partial charge in [0.15, 0.2) is 0 Å². The highest BCUT2D eigenvalue weighted by molar-refractivity contribution is 6.30. The zero-order valence-corrected chi connectivity index (χ0v) is 13.0. The molecule has 3 rings (SSSR count). The lowest BCUT2D eigenvalue weighted by Crippen LogP contribution is -2.09. The fourth-order valence-electron chi connectivity index (χ4n) is 2.70. The Morgan fingerprint density at radius 1 is 1.13 bits per heavy atom. The second-order valence-electron chi connectivity index (χ2n) is 5.59. The summed E-state index contributed by atoms with van der Waals surface area (Å²) in [5.74, 6) is 0.227. The number of hydrogen-bond donors (Lipinski definition) is 1. The van der Waals surface area contributed by atoms with E-state index in [1.807, 2.05) is 18.2 Å². The summed E-state index contributed by atoms with van der Waals surface area (Å²) in [5.41, 5.74) is 5.73. The number of anilines is 1. The van der Waals surface area contributed by atoms with Gasteiger partial charge in [-0.3, -0.25) is 5.43 Å². The standard InChI is InChI=1S/C17H14ClF3N2/c1-10-8-11-9-13(18)4-7-15(11)16(10)23-22-14-5-2-12(3-6-14)17(19,20)21/h2-7,9-10,22H,8H2,1H3. The maximum Gasteiger partial charge on any atom is 0.416 e. The molecule has 1 atom stereocenters. The molecule has 1 aliphatic rings. The predicted molar refractivity (Wildman–Crippen MR) is 85.9 cm³/mol. The van der Waals surface area contributed by atoms with Gasteiger partial charge in [0.25, 0.3) is 0 Å². The summed E-state index contributed by atoms with van der Waals surface area (Å²) in [5, 5.41) is 5.07. The van der Waals surface area contributed by atoms with Crippen LogP contribution in [0.1, 0.15) is 23.6 Å². The molecule has 23 heavy (non-hydrogen) atoms. The summed E-state index contributed by atoms with van der Waals surface area (Å²) in [6, 6.07) is 10.5. The third-order valence-corrected chi connectivity index (χ3v) is 4.09. The van der Waals surface area contributed by atoms with Gasteiger partial charge in [0.2, 0.25) is 0 Å². The number of nitrogens with zero attached hydrogens (tertiary/aromatic N) is 1. The Labute approximate surface area is 137 Å². The van der Waals surface area contributed by atoms with Crippen LogP contribution in [0.2, 0.25) is 5.02 Å². The van der Waals surface area contributed by atoms with Crippen LogP contribution in [0.3, 0.4) is 0 Å². The smallest absolute Gasteiger partial charge is 0.278 e. The van der Waals surface area contributed by atoms with E-state index in [9.17, 15) is 13.2 Å². The number of halogens is 4. The highest BCUT2D eigenvalue weighted by atomic mass is 35.5. The van der Waals surface area contributed by atoms with Crippen molar-refractivity contribution >= 4 is 23.0 Å². The van der Waals surface area contributed by atoms with Crippen molar-refractivity contribution in [2.24, 2.45) is 11.0 Å². The lowest BCUT2D eigenvalue weighted by molar-refractivity contribution is -0.137. The molecule has 0 aromatic heterocycles. The van der Waals surface area contributed by atoms with E-state index in [1.165, 1.54) is 12.1 Å². The van der Waals surface area contributed by atoms with Crippen molar-refractivity contribution < 1.29 is 13.2 Å². The number of benzene rings is 2. The zero-order chi connectivity index (χ0) is 16.6. The van der Waals surface area contributed by atoms with E-state index in [2.05, 4.69) is 17.5 Å². The maximum atomic E-state index is 12.5. The molecule has 0 bridgehead atoms. The van der Waals surface area contributed by atoms with Crippen molar-refractivity contribution in [3.05, 3.63) is 64.2 Å². The van der Waals surface area contributed by atoms with Crippen LogP contribution in [0.5, 0.6) is 0 Å². The summed E-state index contributed by atoms with van der Waals surface area (Å²) >= 11 is 6.00. The Hall–Kier alpha value is -2.01. The Bertz CT molecular complexity index is 751. The molecule has 0 fully saturated rings. The molecular weight excluding hydrogens is 325 g/mol. The van der Waals surface area contributed by atoms with E-state index in [-0.39, 0.29) is 5.92 Å². The van der Waals surface area contributed by atoms with Crippen molar-refractivity contribution in [2.45, 2.75) is 19.5 Å². The third kappa shape index (κ3) is 3.34. The average molecular weight is 339 g/mol. The largest absolute Gasteiger partial charge is 0.416 e. The van der Waals surface area contributed by atoms with Crippen molar-refractivity contribution in [3.63, 3.8) is 0 Å². The molecule has 0 radical (unpaired) electrons. The second kappa shape index (κ2) is 5.89. The van der Waals surface area contributed by atoms with Crippen molar-refractivity contribution in [2.75, 3.05) is 5.43 Å². The minimum absolute atomic E-state index is 0.227. The van der Waals surface area contributed by atoms with Gasteiger partial charge in [-0.05, 0) is 48.4 Å². The molecule has 2 aromatic rings. The molecule has 0 aliphatic heterocycles. The number of nitrogens with one attached hydrogen (secondary N) is 1. The number of fused-ring (bicyclic) bond motifs is 1. The van der Waals surface area contributed by atoms with Crippen molar-refractivity contribution in [1.82, 2.24) is 0 Å². The molecule has 120 valence electrons. The zero-order valence-electron chi connectivity index (χ0n) is 12.3. The van der Waals surface area contributed by atoms with Gasteiger partial charge in [0.1, 0.15) is 0 Å². The first-order chi connectivity index (χ1) is 10.8. The molecule has 0 saturated carbocycles. The third-order valence-electron chi connectivity index (χ3n) is 3.85. The number of alkyl halides is 3. The molecule has 0 heterocycles. The van der Waals surface area contributed by atoms with E-state index in [1.54, 1.807) is 0 Å². The fraction of sp³-hybridized carbons (Fsp3) is 0.235. The quantitative estimate of drug-likeness (QED) is 0.732. The Balaban J connectivity index is 1.81. The van der Waals surface area contributed by atoms with Crippen LogP contribution in [-0.2, 0) is 12.6 Å². The normalized spacial score (nSPS) is 19.0. The Kier molecular flexibility index (Phi) is 4.06. The molecule has 0 amide bonds. The van der Waals surface area contributed by atoms with Crippen molar-refractivity contribution in [1.29, 1.82) is 0 Å². The van der Waals surface area contributed by atoms with Gasteiger partial charge in [-0.1, -0.05) is 24.6 Å². The fourth-order valence-corrected chi connectivity index (χ4v) is 2.90. The molecule has 2 nitrogen and oxygen atoms in total. The molecular formula is C17H14ClF3N2. The summed E-state index contributed by atoms with van der Waals surface area (Å²) in [6.45, 7) is 2.06. The number of rotatable bonds is 2. The first kappa shape index (κ1) is 15.9. The monoisotopic (exact) mass is 338 g/mol. The minimum atomic E-state index is -4.33. The van der Waals surface area contributed by atoms with Crippen LogP contribution in [0, 0.1) is 5.92 Å². The summed E-state index contributed by atoms with van der Waals surface area (Å²) < 4.78 is 37.6. The molecule has 0 saturated heterocycles. The molecule has 1 aliphatic carbocycles. The summed E-state index contributed by atoms with van der Waals surface area (Å²) in [4.78, 5) is 0. The molecule has 2 aromatic carbocycles. The van der Waals surface area contributed by atoms with Gasteiger partial charge < -0.3 is 0 Å². The van der Waals surface area contributed by atoms with Gasteiger partial charge in [-0.15, -0.1) is 0 Å². The van der Waals surface area contributed by atoms with E-state index in [4.69, 9.17) is 11.6 Å². The van der Waals surface area contributed by atoms with Crippen LogP contribution in [-0.4, -0.2) is 5.71 Å². The Morgan fingerprint density at radius 2 is 1.83 bits per heavy atom. The van der Waals surface area contributed by atoms with Gasteiger partial charge in [0.05, 0.1) is 17.0 Å². The molecule has 1 N–H and O–H groups in total. The predicted octanol–water partition coefficient (Wildman–Crippen LogP) is 5.37. The lowest BCUT2D eigenvalue weighted by Gasteiger charge is -2.09. The summed E-state index contributed by atoms with van der Waals surface area (Å²) in [7, 11) is 0. The first-order valence-electron chi connectivity index (χ1n) is 7.14. The average Bonchev–Trinajstić information content (AvgIpc) is 2.79. The minimum Gasteiger partial charge on any atom is -0.278 e. The van der Waals surface area contributed by atoms with E-state index < -0.39 is 11.7 Å². The van der Waals surface area contributed by atoms with Crippen LogP contribution < -0.4 is 5.43 Å². The molecule has 0 spiro atoms. The van der Waals surface area contributed by atoms with Crippen LogP contribution in [0.25, 0.3) is 0 Å². The van der Waals surface area contributed by atoms with Crippen LogP contribution in [0.15, 0.2) is 47.6 Å². The van der Waals surface area contributed by atoms with Gasteiger partial charge >= 0.3 is 6.18 Å². The van der Waals surface area contributed by atoms with Gasteiger partial charge in [-0.25, -0.2) is 0 Å². The maximum absolute atomic E-state index is 12.5. The van der Waals surface area contributed by atoms with Crippen LogP contribution in [0.4, 0.5) is 18.9 Å². The number of hydrazone groups is 1. The van der Waals surface area contributed by atoms with Gasteiger partial charge in [-0.2, -0.15) is 18.3 Å². The highest BCUT2D eigenvalue weighted by Gasteiger charge is 2.30. The topological polar surface area (TPSA) is 24.4 Å². The lowest BCUT2D eigenvalue weighted by atomic mass is 10.1. The highest BCUT2D eigenvalue weighted by Crippen LogP contribution is 2.31. The van der Waals surface area contributed by atoms with E-state index >= 15 is 0 Å². The van der Waals surface area contributed by atoms with Crippen LogP contribution >= 0.6 is 11.6 Å². The molecule has 6 heteroatoms. The molecule has 1 unspecified atom stereocenters. The Morgan fingerprint density at radius 3 is 2.48 bits per heavy atom. The van der Waals surface area contributed by atoms with Gasteiger partial charge in [0, 0.05) is 16.5 Å². The summed E-state index contributed by atoms with van der Waals surface area (Å²) in [6.07, 6.45) is -3.48. The van der Waals surface area contributed by atoms with Crippen molar-refractivity contribution in [3.8, 4) is 0 Å². The first-order valence-corrected chi connectivity index (χ1v) is 7.52. The van der Waals surface area contributed by atoms with E-state index in [0.29, 0.717) is 10.7 Å². The number of hydrogen-bond acceptors (Lipinski definition) is 2. The van der Waals surface area contributed by atoms with E-state index in [0.717, 1.165) is 35.4 Å².